The molecule has 0 unspecified atom stereocenters. The second-order valence-corrected chi connectivity index (χ2v) is 6.69. The van der Waals surface area contributed by atoms with E-state index in [9.17, 15) is 13.2 Å². The molecule has 4 rings (SSSR count). The van der Waals surface area contributed by atoms with Crippen LogP contribution >= 0.6 is 0 Å². The van der Waals surface area contributed by atoms with Crippen LogP contribution in [0.25, 0.3) is 32.6 Å². The molecule has 0 aliphatic heterocycles. The van der Waals surface area contributed by atoms with Gasteiger partial charge in [0.1, 0.15) is 5.75 Å². The summed E-state index contributed by atoms with van der Waals surface area (Å²) in [5.41, 5.74) is 6.58. The molecule has 0 saturated carbocycles. The summed E-state index contributed by atoms with van der Waals surface area (Å²) >= 11 is 0. The summed E-state index contributed by atoms with van der Waals surface area (Å²) in [6.07, 6.45) is -2.98. The highest BCUT2D eigenvalue weighted by atomic mass is 19.4. The smallest absolute Gasteiger partial charge is 0.418 e. The summed E-state index contributed by atoms with van der Waals surface area (Å²) in [6.45, 7) is 7.29. The van der Waals surface area contributed by atoms with Gasteiger partial charge in [0.05, 0.1) is 24.8 Å². The first-order chi connectivity index (χ1) is 14.3. The number of halogens is 3. The van der Waals surface area contributed by atoms with Crippen LogP contribution in [0.15, 0.2) is 66.9 Å². The Balaban J connectivity index is 2.04. The third kappa shape index (κ3) is 3.22. The Morgan fingerprint density at radius 1 is 1.00 bits per heavy atom. The van der Waals surface area contributed by atoms with Crippen LogP contribution in [0.2, 0.25) is 0 Å². The average molecular weight is 407 g/mol. The number of nitrogens with zero attached hydrogens (tertiary/aromatic N) is 2. The molecule has 30 heavy (non-hydrogen) atoms. The average Bonchev–Trinajstić information content (AvgIpc) is 3.11. The van der Waals surface area contributed by atoms with Crippen LogP contribution in [-0.4, -0.2) is 11.7 Å². The second kappa shape index (κ2) is 7.16. The van der Waals surface area contributed by atoms with Crippen LogP contribution in [0.5, 0.6) is 5.75 Å². The van der Waals surface area contributed by atoms with Gasteiger partial charge in [-0.25, -0.2) is 4.85 Å². The highest BCUT2D eigenvalue weighted by Crippen LogP contribution is 2.44. The molecule has 0 atom stereocenters. The number of nitrogen functional groups attached to an aromatic ring is 1. The van der Waals surface area contributed by atoms with Gasteiger partial charge in [-0.2, -0.15) is 13.2 Å². The van der Waals surface area contributed by atoms with E-state index in [0.29, 0.717) is 27.9 Å². The van der Waals surface area contributed by atoms with Crippen molar-refractivity contribution >= 4 is 22.3 Å². The molecule has 1 aromatic heterocycles. The summed E-state index contributed by atoms with van der Waals surface area (Å²) < 4.78 is 48.4. The van der Waals surface area contributed by atoms with Gasteiger partial charge in [0.25, 0.3) is 0 Å². The normalized spacial score (nSPS) is 11.4. The summed E-state index contributed by atoms with van der Waals surface area (Å²) in [6, 6.07) is 16.3. The molecule has 2 N–H and O–H groups in total. The zero-order valence-electron chi connectivity index (χ0n) is 15.9. The van der Waals surface area contributed by atoms with Crippen LogP contribution in [0.3, 0.4) is 0 Å². The zero-order chi connectivity index (χ0) is 21.5. The van der Waals surface area contributed by atoms with E-state index in [1.54, 1.807) is 48.2 Å². The van der Waals surface area contributed by atoms with Crippen LogP contribution in [0, 0.1) is 6.57 Å². The van der Waals surface area contributed by atoms with Gasteiger partial charge in [0.15, 0.2) is 5.69 Å². The van der Waals surface area contributed by atoms with Gasteiger partial charge in [0.2, 0.25) is 0 Å². The Morgan fingerprint density at radius 3 is 2.37 bits per heavy atom. The predicted octanol–water partition coefficient (Wildman–Crippen LogP) is 6.46. The lowest BCUT2D eigenvalue weighted by Gasteiger charge is -2.15. The minimum atomic E-state index is -4.62. The number of alkyl halides is 3. The van der Waals surface area contributed by atoms with E-state index in [1.165, 1.54) is 18.2 Å². The van der Waals surface area contributed by atoms with Gasteiger partial charge < -0.3 is 15.0 Å². The Hall–Kier alpha value is -3.92. The Bertz CT molecular complexity index is 1280. The van der Waals surface area contributed by atoms with Crippen molar-refractivity contribution in [1.29, 1.82) is 0 Å². The topological polar surface area (TPSA) is 44.5 Å². The molecule has 150 valence electrons. The zero-order valence-corrected chi connectivity index (χ0v) is 15.9. The van der Waals surface area contributed by atoms with Crippen molar-refractivity contribution in [2.45, 2.75) is 6.18 Å². The molecule has 0 aliphatic carbocycles. The van der Waals surface area contributed by atoms with Crippen LogP contribution in [0.1, 0.15) is 5.56 Å². The van der Waals surface area contributed by atoms with Crippen molar-refractivity contribution in [1.82, 2.24) is 4.57 Å². The van der Waals surface area contributed by atoms with Crippen LogP contribution in [-0.2, 0) is 6.18 Å². The van der Waals surface area contributed by atoms with E-state index in [0.717, 1.165) is 5.69 Å². The van der Waals surface area contributed by atoms with Crippen molar-refractivity contribution in [3.05, 3.63) is 83.8 Å². The van der Waals surface area contributed by atoms with Gasteiger partial charge in [-0.15, -0.1) is 0 Å². The van der Waals surface area contributed by atoms with Crippen molar-refractivity contribution in [3.8, 4) is 22.6 Å². The summed E-state index contributed by atoms with van der Waals surface area (Å²) in [4.78, 5) is 3.43. The van der Waals surface area contributed by atoms with Crippen molar-refractivity contribution < 1.29 is 17.9 Å². The van der Waals surface area contributed by atoms with E-state index in [4.69, 9.17) is 17.0 Å². The molecule has 0 amide bonds. The largest absolute Gasteiger partial charge is 0.497 e. The number of anilines is 1. The number of hydrogen-bond donors (Lipinski definition) is 1. The minimum Gasteiger partial charge on any atom is -0.497 e. The number of nitrogens with two attached hydrogens (primary N) is 1. The summed E-state index contributed by atoms with van der Waals surface area (Å²) in [7, 11) is 1.56. The highest BCUT2D eigenvalue weighted by Gasteiger charge is 2.36. The predicted molar refractivity (Wildman–Crippen MR) is 111 cm³/mol. The fourth-order valence-electron chi connectivity index (χ4n) is 3.57. The maximum atomic E-state index is 13.8. The van der Waals surface area contributed by atoms with Gasteiger partial charge in [-0.3, -0.25) is 0 Å². The lowest BCUT2D eigenvalue weighted by atomic mass is 9.97. The SMILES string of the molecule is [C-]#[N+]c1ccc2c(c1)c(-c1cccc(N)c1C(F)(F)F)cn2-c1ccc(OC)cc1. The van der Waals surface area contributed by atoms with Gasteiger partial charge in [-0.1, -0.05) is 18.2 Å². The monoisotopic (exact) mass is 407 g/mol. The van der Waals surface area contributed by atoms with Crippen LogP contribution in [0.4, 0.5) is 24.5 Å². The van der Waals surface area contributed by atoms with E-state index < -0.39 is 11.7 Å². The molecule has 0 fully saturated rings. The first-order valence-corrected chi connectivity index (χ1v) is 8.96. The van der Waals surface area contributed by atoms with Gasteiger partial charge in [-0.05, 0) is 53.4 Å². The first kappa shape index (κ1) is 19.4. The molecule has 7 heteroatoms. The van der Waals surface area contributed by atoms with E-state index in [2.05, 4.69) is 4.85 Å². The fraction of sp³-hybridized carbons (Fsp3) is 0.0870. The molecular formula is C23H16F3N3O. The standard InChI is InChI=1S/C23H16F3N3O/c1-28-14-6-11-21-18(12-14)19(13-29(21)15-7-9-16(30-2)10-8-15)17-4-3-5-20(27)22(17)23(24,25)26/h3-13H,27H2,2H3. The van der Waals surface area contributed by atoms with Crippen LogP contribution < -0.4 is 10.5 Å². The molecule has 0 spiro atoms. The maximum Gasteiger partial charge on any atom is 0.418 e. The Kier molecular flexibility index (Phi) is 4.63. The number of hydrogen-bond acceptors (Lipinski definition) is 2. The molecule has 0 bridgehead atoms. The second-order valence-electron chi connectivity index (χ2n) is 6.69. The molecule has 0 radical (unpaired) electrons. The number of aromatic nitrogens is 1. The lowest BCUT2D eigenvalue weighted by molar-refractivity contribution is -0.136. The van der Waals surface area contributed by atoms with Gasteiger partial charge in [0, 0.05) is 23.1 Å². The number of ether oxygens (including phenoxy) is 1. The molecule has 0 aliphatic rings. The van der Waals surface area contributed by atoms with E-state index in [-0.39, 0.29) is 11.3 Å². The minimum absolute atomic E-state index is 0.0260. The maximum absolute atomic E-state index is 13.8. The third-order valence-corrected chi connectivity index (χ3v) is 4.94. The van der Waals surface area contributed by atoms with E-state index >= 15 is 0 Å². The lowest BCUT2D eigenvalue weighted by Crippen LogP contribution is -2.10. The first-order valence-electron chi connectivity index (χ1n) is 8.96. The number of methoxy groups -OCH3 is 1. The molecule has 4 nitrogen and oxygen atoms in total. The Labute approximate surface area is 170 Å². The van der Waals surface area contributed by atoms with Crippen molar-refractivity contribution in [2.24, 2.45) is 0 Å². The number of fused-ring (bicyclic) bond motifs is 1. The van der Waals surface area contributed by atoms with Gasteiger partial charge >= 0.3 is 6.18 Å². The molecule has 4 aromatic rings. The fourth-order valence-corrected chi connectivity index (χ4v) is 3.57. The number of benzene rings is 3. The highest BCUT2D eigenvalue weighted by molar-refractivity contribution is 6.00. The Morgan fingerprint density at radius 2 is 1.73 bits per heavy atom. The molecule has 0 saturated heterocycles. The number of rotatable bonds is 3. The molecule has 1 heterocycles. The van der Waals surface area contributed by atoms with Crippen molar-refractivity contribution in [3.63, 3.8) is 0 Å². The quantitative estimate of drug-likeness (QED) is 0.313. The molecular weight excluding hydrogens is 391 g/mol. The van der Waals surface area contributed by atoms with Crippen molar-refractivity contribution in [2.75, 3.05) is 12.8 Å². The third-order valence-electron chi connectivity index (χ3n) is 4.94. The summed E-state index contributed by atoms with van der Waals surface area (Å²) in [5.74, 6) is 0.668. The van der Waals surface area contributed by atoms with E-state index in [1.807, 2.05) is 12.1 Å². The molecule has 3 aromatic carbocycles. The summed E-state index contributed by atoms with van der Waals surface area (Å²) in [5, 5.41) is 0.537.